The van der Waals surface area contributed by atoms with Crippen molar-refractivity contribution in [1.82, 2.24) is 0 Å². The molecule has 0 unspecified atom stereocenters. The molecule has 0 heterocycles. The first-order valence-electron chi connectivity index (χ1n) is 7.95. The molecule has 26 heavy (non-hydrogen) atoms. The Morgan fingerprint density at radius 1 is 1.00 bits per heavy atom. The summed E-state index contributed by atoms with van der Waals surface area (Å²) in [4.78, 5) is 0. The van der Waals surface area contributed by atoms with Crippen molar-refractivity contribution in [3.05, 3.63) is 64.0 Å². The van der Waals surface area contributed by atoms with Gasteiger partial charge in [-0.25, -0.2) is 13.2 Å². The molecule has 0 bridgehead atoms. The third-order valence-corrected chi connectivity index (χ3v) is 4.28. The smallest absolute Gasteiger partial charge is 0.403 e. The van der Waals surface area contributed by atoms with Crippen molar-refractivity contribution in [1.29, 1.82) is 0 Å². The minimum Gasteiger partial charge on any atom is -0.403 e. The Balaban J connectivity index is 2.02. The molecule has 138 valence electrons. The number of halogens is 6. The Morgan fingerprint density at radius 3 is 2.23 bits per heavy atom. The first-order valence-corrected chi connectivity index (χ1v) is 7.95. The van der Waals surface area contributed by atoms with Crippen molar-refractivity contribution in [2.45, 2.75) is 32.5 Å². The van der Waals surface area contributed by atoms with Crippen molar-refractivity contribution in [3.63, 3.8) is 0 Å². The van der Waals surface area contributed by atoms with Crippen LogP contribution < -0.4 is 4.74 Å². The van der Waals surface area contributed by atoms with E-state index in [4.69, 9.17) is 0 Å². The second-order valence-corrected chi connectivity index (χ2v) is 5.95. The summed E-state index contributed by atoms with van der Waals surface area (Å²) in [6, 6.07) is 4.59. The maximum absolute atomic E-state index is 14.3. The summed E-state index contributed by atoms with van der Waals surface area (Å²) in [6.07, 6.45) is -3.03. The molecule has 1 nitrogen and oxygen atoms in total. The molecule has 0 radical (unpaired) electrons. The van der Waals surface area contributed by atoms with Crippen LogP contribution in [0.1, 0.15) is 35.6 Å². The molecule has 0 aromatic heterocycles. The first kappa shape index (κ1) is 18.4. The van der Waals surface area contributed by atoms with Gasteiger partial charge in [0.25, 0.3) is 0 Å². The summed E-state index contributed by atoms with van der Waals surface area (Å²) in [5, 5.41) is 0. The van der Waals surface area contributed by atoms with Gasteiger partial charge in [0.05, 0.1) is 0 Å². The van der Waals surface area contributed by atoms with E-state index in [2.05, 4.69) is 4.74 Å². The summed E-state index contributed by atoms with van der Waals surface area (Å²) in [7, 11) is 0. The molecular weight excluding hydrogens is 358 g/mol. The molecule has 1 aliphatic carbocycles. The van der Waals surface area contributed by atoms with E-state index in [0.29, 0.717) is 17.6 Å². The van der Waals surface area contributed by atoms with E-state index in [1.807, 2.05) is 0 Å². The predicted molar refractivity (Wildman–Crippen MR) is 85.0 cm³/mol. The molecule has 0 N–H and O–H groups in total. The zero-order valence-electron chi connectivity index (χ0n) is 13.7. The molecule has 0 atom stereocenters. The topological polar surface area (TPSA) is 9.23 Å². The first-order chi connectivity index (χ1) is 12.2. The second-order valence-electron chi connectivity index (χ2n) is 5.95. The highest BCUT2D eigenvalue weighted by atomic mass is 19.4. The van der Waals surface area contributed by atoms with E-state index in [9.17, 15) is 26.3 Å². The number of aryl methyl sites for hydroxylation is 1. The number of allylic oxidation sites excluding steroid dienone is 1. The highest BCUT2D eigenvalue weighted by Gasteiger charge is 2.33. The van der Waals surface area contributed by atoms with E-state index in [1.54, 1.807) is 6.92 Å². The van der Waals surface area contributed by atoms with Crippen LogP contribution in [0.2, 0.25) is 0 Å². The lowest BCUT2D eigenvalue weighted by Crippen LogP contribution is -2.18. The highest BCUT2D eigenvalue weighted by Crippen LogP contribution is 2.37. The Bertz CT molecular complexity index is 859. The molecule has 2 aromatic rings. The molecule has 0 saturated heterocycles. The average Bonchev–Trinajstić information content (AvgIpc) is 2.55. The molecule has 1 aliphatic rings. The lowest BCUT2D eigenvalue weighted by atomic mass is 9.87. The zero-order chi connectivity index (χ0) is 19.1. The van der Waals surface area contributed by atoms with Gasteiger partial charge in [-0.15, -0.1) is 13.2 Å². The van der Waals surface area contributed by atoms with Crippen LogP contribution >= 0.6 is 0 Å². The second kappa shape index (κ2) is 6.70. The summed E-state index contributed by atoms with van der Waals surface area (Å²) >= 11 is 0. The van der Waals surface area contributed by atoms with Crippen LogP contribution in [0.15, 0.2) is 24.3 Å². The number of ether oxygens (including phenoxy) is 1. The van der Waals surface area contributed by atoms with Gasteiger partial charge in [0.15, 0.2) is 11.6 Å². The van der Waals surface area contributed by atoms with Crippen LogP contribution in [0.4, 0.5) is 26.3 Å². The van der Waals surface area contributed by atoms with Crippen molar-refractivity contribution >= 4 is 11.6 Å². The number of fused-ring (bicyclic) bond motifs is 1. The van der Waals surface area contributed by atoms with Crippen molar-refractivity contribution in [2.24, 2.45) is 0 Å². The van der Waals surface area contributed by atoms with E-state index in [-0.39, 0.29) is 29.5 Å². The molecule has 7 heteroatoms. The molecular formula is C19H14F6O. The number of hydrogen-bond acceptors (Lipinski definition) is 1. The Kier molecular flexibility index (Phi) is 4.73. The van der Waals surface area contributed by atoms with Crippen molar-refractivity contribution in [2.75, 3.05) is 0 Å². The van der Waals surface area contributed by atoms with Crippen LogP contribution in [0.25, 0.3) is 11.6 Å². The van der Waals surface area contributed by atoms with Gasteiger partial charge in [-0.05, 0) is 59.7 Å². The van der Waals surface area contributed by atoms with Crippen molar-refractivity contribution in [3.8, 4) is 5.75 Å². The van der Waals surface area contributed by atoms with Crippen LogP contribution in [-0.4, -0.2) is 6.36 Å². The number of hydrogen-bond donors (Lipinski definition) is 0. The molecule has 0 fully saturated rings. The maximum atomic E-state index is 14.3. The lowest BCUT2D eigenvalue weighted by Gasteiger charge is -2.20. The van der Waals surface area contributed by atoms with Gasteiger partial charge in [0, 0.05) is 5.56 Å². The summed E-state index contributed by atoms with van der Waals surface area (Å²) in [6.45, 7) is 1.77. The monoisotopic (exact) mass is 372 g/mol. The third kappa shape index (κ3) is 3.57. The van der Waals surface area contributed by atoms with Crippen LogP contribution in [0.3, 0.4) is 0 Å². The molecule has 0 aliphatic heterocycles. The Labute approximate surface area is 145 Å². The fourth-order valence-corrected chi connectivity index (χ4v) is 3.06. The molecule has 2 aromatic carbocycles. The summed E-state index contributed by atoms with van der Waals surface area (Å²) in [5.74, 6) is -3.46. The maximum Gasteiger partial charge on any atom is 0.573 e. The van der Waals surface area contributed by atoms with Crippen LogP contribution in [0.5, 0.6) is 5.75 Å². The van der Waals surface area contributed by atoms with E-state index in [0.717, 1.165) is 6.07 Å². The largest absolute Gasteiger partial charge is 0.573 e. The predicted octanol–water partition coefficient (Wildman–Crippen LogP) is 6.05. The average molecular weight is 372 g/mol. The van der Waals surface area contributed by atoms with Crippen LogP contribution in [-0.2, 0) is 12.8 Å². The minimum absolute atomic E-state index is 0.0104. The van der Waals surface area contributed by atoms with Gasteiger partial charge in [-0.2, -0.15) is 0 Å². The molecule has 0 spiro atoms. The van der Waals surface area contributed by atoms with Crippen LogP contribution in [0, 0.1) is 17.5 Å². The van der Waals surface area contributed by atoms with E-state index >= 15 is 0 Å². The fraction of sp³-hybridized carbons (Fsp3) is 0.263. The molecule has 3 rings (SSSR count). The van der Waals surface area contributed by atoms with Crippen molar-refractivity contribution < 1.29 is 31.1 Å². The minimum atomic E-state index is -5.00. The van der Waals surface area contributed by atoms with Gasteiger partial charge in [0.1, 0.15) is 11.6 Å². The standard InChI is InChI=1S/C19H14F6O/c1-2-10-7-14(20)17(15(21)8-10)12-3-5-13-11(9-12)4-6-16(18(13)22)26-19(23,24)25/h4,6-9H,2-3,5H2,1H3. The number of rotatable bonds is 3. The summed E-state index contributed by atoms with van der Waals surface area (Å²) < 4.78 is 83.4. The Morgan fingerprint density at radius 2 is 1.65 bits per heavy atom. The normalized spacial score (nSPS) is 14.0. The van der Waals surface area contributed by atoms with E-state index in [1.165, 1.54) is 24.3 Å². The Hall–Kier alpha value is -2.44. The third-order valence-electron chi connectivity index (χ3n) is 4.28. The SMILES string of the molecule is CCc1cc(F)c(C2=Cc3ccc(OC(F)(F)F)c(F)c3CC2)c(F)c1. The number of benzene rings is 2. The highest BCUT2D eigenvalue weighted by molar-refractivity contribution is 5.85. The lowest BCUT2D eigenvalue weighted by molar-refractivity contribution is -0.275. The zero-order valence-corrected chi connectivity index (χ0v) is 13.7. The van der Waals surface area contributed by atoms with Gasteiger partial charge in [-0.1, -0.05) is 19.1 Å². The quantitative estimate of drug-likeness (QED) is 0.596. The van der Waals surface area contributed by atoms with Gasteiger partial charge >= 0.3 is 6.36 Å². The van der Waals surface area contributed by atoms with Gasteiger partial charge in [0.2, 0.25) is 0 Å². The number of alkyl halides is 3. The molecule has 0 amide bonds. The summed E-state index contributed by atoms with van der Waals surface area (Å²) in [5.41, 5.74) is 0.960. The van der Waals surface area contributed by atoms with Gasteiger partial charge in [-0.3, -0.25) is 0 Å². The molecule has 0 saturated carbocycles. The van der Waals surface area contributed by atoms with E-state index < -0.39 is 29.6 Å². The fourth-order valence-electron chi connectivity index (χ4n) is 3.06. The van der Waals surface area contributed by atoms with Gasteiger partial charge < -0.3 is 4.74 Å².